The molecule has 0 aromatic heterocycles. The van der Waals surface area contributed by atoms with Crippen LogP contribution in [0.4, 0.5) is 0 Å². The van der Waals surface area contributed by atoms with Crippen molar-refractivity contribution in [3.05, 3.63) is 109 Å². The number of ether oxygens (including phenoxy) is 2. The third-order valence-electron chi connectivity index (χ3n) is 8.34. The van der Waals surface area contributed by atoms with Crippen molar-refractivity contribution in [2.24, 2.45) is 0 Å². The summed E-state index contributed by atoms with van der Waals surface area (Å²) in [4.78, 5) is 43.6. The van der Waals surface area contributed by atoms with Gasteiger partial charge in [0.2, 0.25) is 0 Å². The largest absolute Gasteiger partial charge is 0.472 e. The Morgan fingerprint density at radius 3 is 1.25 bits per heavy atom. The van der Waals surface area contributed by atoms with E-state index in [9.17, 15) is 43.8 Å². The minimum absolute atomic E-state index is 0.114. The van der Waals surface area contributed by atoms with Crippen molar-refractivity contribution in [1.82, 2.24) is 0 Å². The fraction of sp³-hybridized carbons (Fsp3) is 0.574. The molecule has 0 amide bonds. The summed E-state index contributed by atoms with van der Waals surface area (Å²) in [6, 6.07) is 0. The monoisotopic (exact) mass is 942 g/mol. The van der Waals surface area contributed by atoms with E-state index in [1.807, 2.05) is 66.8 Å². The first kappa shape index (κ1) is 60.7. The highest BCUT2D eigenvalue weighted by Gasteiger charge is 2.28. The average Bonchev–Trinajstić information content (AvgIpc) is 3.27. The molecular formula is C47H76O15P2. The molecule has 0 radical (unpaired) electrons. The second-order valence-corrected chi connectivity index (χ2v) is 17.4. The van der Waals surface area contributed by atoms with Crippen molar-refractivity contribution in [3.63, 3.8) is 0 Å². The third-order valence-corrected chi connectivity index (χ3v) is 10.2. The summed E-state index contributed by atoms with van der Waals surface area (Å²) >= 11 is 0. The molecule has 0 spiro atoms. The van der Waals surface area contributed by atoms with Crippen LogP contribution in [0.2, 0.25) is 0 Å². The molecule has 5 N–H and O–H groups in total. The van der Waals surface area contributed by atoms with E-state index < -0.39 is 85.5 Å². The number of carbonyl (C=O) groups excluding carboxylic acids is 2. The molecule has 64 heavy (non-hydrogen) atoms. The number of carbonyl (C=O) groups is 2. The molecule has 0 aliphatic rings. The second kappa shape index (κ2) is 42.3. The van der Waals surface area contributed by atoms with E-state index in [2.05, 4.69) is 74.5 Å². The molecule has 17 heteroatoms. The minimum atomic E-state index is -4.81. The molecule has 15 nitrogen and oxygen atoms in total. The number of unbranched alkanes of at least 4 members (excludes halogenated alkanes) is 7. The van der Waals surface area contributed by atoms with Gasteiger partial charge in [-0.05, 0) is 70.6 Å². The lowest BCUT2D eigenvalue weighted by atomic mass is 10.1. The summed E-state index contributed by atoms with van der Waals surface area (Å²) in [5, 5.41) is 30.0. The van der Waals surface area contributed by atoms with E-state index in [4.69, 9.17) is 9.47 Å². The van der Waals surface area contributed by atoms with Crippen molar-refractivity contribution in [1.29, 1.82) is 0 Å². The number of esters is 2. The molecule has 0 saturated carbocycles. The van der Waals surface area contributed by atoms with Gasteiger partial charge in [0.1, 0.15) is 31.5 Å². The van der Waals surface area contributed by atoms with Crippen molar-refractivity contribution in [3.8, 4) is 0 Å². The fourth-order valence-electron chi connectivity index (χ4n) is 4.87. The normalized spacial score (nSPS) is 16.2. The molecule has 0 saturated heterocycles. The number of aliphatic hydroxyl groups excluding tert-OH is 3. The van der Waals surface area contributed by atoms with Crippen LogP contribution >= 0.6 is 15.6 Å². The number of aliphatic hydroxyl groups is 3. The van der Waals surface area contributed by atoms with Crippen LogP contribution in [0.15, 0.2) is 109 Å². The Balaban J connectivity index is 4.04. The predicted octanol–water partition coefficient (Wildman–Crippen LogP) is 9.71. The van der Waals surface area contributed by atoms with Crippen molar-refractivity contribution in [2.45, 2.75) is 135 Å². The Hall–Kier alpha value is -3.30. The molecule has 0 aliphatic carbocycles. The summed E-state index contributed by atoms with van der Waals surface area (Å²) in [7, 11) is -9.61. The first-order valence-corrected chi connectivity index (χ1v) is 25.3. The zero-order valence-corrected chi connectivity index (χ0v) is 39.7. The van der Waals surface area contributed by atoms with Gasteiger partial charge in [-0.2, -0.15) is 0 Å². The van der Waals surface area contributed by atoms with Gasteiger partial charge in [0.25, 0.3) is 0 Å². The molecule has 0 heterocycles. The molecular weight excluding hydrogens is 866 g/mol. The average molecular weight is 943 g/mol. The van der Waals surface area contributed by atoms with Gasteiger partial charge in [-0.3, -0.25) is 27.7 Å². The van der Waals surface area contributed by atoms with E-state index in [1.165, 1.54) is 19.3 Å². The SMILES string of the molecule is CC/C=C/C=C/C=C\C=C/C=C/CCCCCC(=O)OCC(O)COP(=O)(O)OCC(O)COP(=O)(O)OCC(O)COC(=O)CCC/C=C\C/C=C\C/C=C\C/C=C\CCCCC. The molecule has 0 aromatic rings. The zero-order chi connectivity index (χ0) is 47.4. The minimum Gasteiger partial charge on any atom is -0.463 e. The van der Waals surface area contributed by atoms with Crippen LogP contribution in [0, 0.1) is 0 Å². The first-order chi connectivity index (χ1) is 30.8. The molecule has 0 fully saturated rings. The van der Waals surface area contributed by atoms with Crippen LogP contribution in [0.3, 0.4) is 0 Å². The van der Waals surface area contributed by atoms with E-state index >= 15 is 0 Å². The van der Waals surface area contributed by atoms with Gasteiger partial charge in [-0.1, -0.05) is 142 Å². The summed E-state index contributed by atoms with van der Waals surface area (Å²) in [5.74, 6) is -1.10. The molecule has 0 aromatic carbocycles. The van der Waals surface area contributed by atoms with E-state index in [0.717, 1.165) is 51.4 Å². The number of rotatable bonds is 41. The van der Waals surface area contributed by atoms with Gasteiger partial charge in [-0.15, -0.1) is 0 Å². The van der Waals surface area contributed by atoms with Crippen molar-refractivity contribution < 1.29 is 71.4 Å². The number of phosphoric acid groups is 2. The molecule has 0 aliphatic heterocycles. The van der Waals surface area contributed by atoms with Crippen molar-refractivity contribution in [2.75, 3.05) is 39.6 Å². The highest BCUT2D eigenvalue weighted by Crippen LogP contribution is 2.45. The van der Waals surface area contributed by atoms with Crippen LogP contribution in [-0.4, -0.2) is 95.0 Å². The molecule has 364 valence electrons. The molecule has 0 rings (SSSR count). The quantitative estimate of drug-likeness (QED) is 0.0126. The van der Waals surface area contributed by atoms with Crippen LogP contribution in [0.25, 0.3) is 0 Å². The summed E-state index contributed by atoms with van der Waals surface area (Å²) in [6.07, 6.45) is 45.2. The lowest BCUT2D eigenvalue weighted by Gasteiger charge is -2.19. The Morgan fingerprint density at radius 1 is 0.438 bits per heavy atom. The predicted molar refractivity (Wildman–Crippen MR) is 251 cm³/mol. The van der Waals surface area contributed by atoms with Gasteiger partial charge in [-0.25, -0.2) is 9.13 Å². The summed E-state index contributed by atoms with van der Waals surface area (Å²) in [6.45, 7) is 0.0788. The maximum atomic E-state index is 12.1. The lowest BCUT2D eigenvalue weighted by molar-refractivity contribution is -0.148. The van der Waals surface area contributed by atoms with Crippen LogP contribution < -0.4 is 0 Å². The maximum absolute atomic E-state index is 12.1. The van der Waals surface area contributed by atoms with Gasteiger partial charge in [0.15, 0.2) is 0 Å². The van der Waals surface area contributed by atoms with E-state index in [0.29, 0.717) is 19.3 Å². The standard InChI is InChI=1S/C47H76O15P2/c1-3-5-7-9-11-13-15-17-19-20-22-24-26-28-30-32-34-36-47(52)58-38-44(49)40-60-64(55,56)62-42-45(50)41-61-63(53,54)59-39-43(48)37-57-46(51)35-33-31-29-27-25-23-21-18-16-14-12-10-8-6-4-2/h6,8,10-14,16-19,21-25,28,30,43-45,48-50H,3-5,7,9,15,20,26-27,29,31-42H2,1-2H3,(H,53,54)(H,55,56)/b8-6+,12-10+,13-11-,16-14-,19-17-,21-18-,24-22-,25-23+,30-28-. The third kappa shape index (κ3) is 43.9. The number of allylic oxidation sites excluding steroid dienone is 18. The number of phosphoric ester groups is 2. The smallest absolute Gasteiger partial charge is 0.463 e. The topological polar surface area (TPSA) is 225 Å². The maximum Gasteiger partial charge on any atom is 0.472 e. The number of hydrogen-bond acceptors (Lipinski definition) is 13. The summed E-state index contributed by atoms with van der Waals surface area (Å²) < 4.78 is 52.8. The van der Waals surface area contributed by atoms with Gasteiger partial charge >= 0.3 is 27.6 Å². The van der Waals surface area contributed by atoms with E-state index in [1.54, 1.807) is 0 Å². The highest BCUT2D eigenvalue weighted by atomic mass is 31.2. The van der Waals surface area contributed by atoms with Crippen LogP contribution in [-0.2, 0) is 46.3 Å². The van der Waals surface area contributed by atoms with Crippen LogP contribution in [0.5, 0.6) is 0 Å². The molecule has 5 atom stereocenters. The van der Waals surface area contributed by atoms with Crippen molar-refractivity contribution >= 4 is 27.6 Å². The first-order valence-electron chi connectivity index (χ1n) is 22.3. The van der Waals surface area contributed by atoms with Gasteiger partial charge in [0, 0.05) is 12.8 Å². The Labute approximate surface area is 381 Å². The van der Waals surface area contributed by atoms with Crippen LogP contribution in [0.1, 0.15) is 117 Å². The Bertz CT molecular complexity index is 1560. The lowest BCUT2D eigenvalue weighted by Crippen LogP contribution is -2.25. The van der Waals surface area contributed by atoms with Gasteiger partial charge < -0.3 is 34.6 Å². The molecule has 0 bridgehead atoms. The Kier molecular flexibility index (Phi) is 40.2. The zero-order valence-electron chi connectivity index (χ0n) is 37.9. The Morgan fingerprint density at radius 2 is 0.797 bits per heavy atom. The van der Waals surface area contributed by atoms with E-state index in [-0.39, 0.29) is 12.8 Å². The van der Waals surface area contributed by atoms with Gasteiger partial charge in [0.05, 0.1) is 26.4 Å². The second-order valence-electron chi connectivity index (χ2n) is 14.4. The molecule has 5 unspecified atom stereocenters. The number of hydrogen-bond donors (Lipinski definition) is 5. The highest BCUT2D eigenvalue weighted by molar-refractivity contribution is 7.47. The summed E-state index contributed by atoms with van der Waals surface area (Å²) in [5.41, 5.74) is 0. The fourth-order valence-corrected chi connectivity index (χ4v) is 6.46.